The smallest absolute Gasteiger partial charge is 0.323 e. The van der Waals surface area contributed by atoms with E-state index in [0.717, 1.165) is 6.07 Å². The Bertz CT molecular complexity index is 460. The highest BCUT2D eigenvalue weighted by molar-refractivity contribution is 5.74. The summed E-state index contributed by atoms with van der Waals surface area (Å²) in [4.78, 5) is 20.7. The van der Waals surface area contributed by atoms with Gasteiger partial charge in [-0.2, -0.15) is 0 Å². The van der Waals surface area contributed by atoms with E-state index in [1.807, 2.05) is 0 Å². The Labute approximate surface area is 96.6 Å². The first kappa shape index (κ1) is 13.1. The normalized spacial score (nSPS) is 14.1. The highest BCUT2D eigenvalue weighted by Crippen LogP contribution is 2.24. The largest absolute Gasteiger partial charge is 0.480 e. The third-order valence-corrected chi connectivity index (χ3v) is 2.40. The number of aliphatic hydroxyl groups is 1. The monoisotopic (exact) mass is 240 g/mol. The number of hydrogen-bond acceptors (Lipinski definition) is 5. The number of carboxylic acids is 1. The molecule has 0 saturated heterocycles. The molecule has 7 heteroatoms. The molecule has 0 aliphatic rings. The summed E-state index contributed by atoms with van der Waals surface area (Å²) in [7, 11) is 0. The topological polar surface area (TPSA) is 127 Å². The first-order valence-electron chi connectivity index (χ1n) is 4.76. The van der Waals surface area contributed by atoms with Crippen LogP contribution < -0.4 is 5.73 Å². The molecule has 1 aromatic rings. The van der Waals surface area contributed by atoms with Crippen LogP contribution in [0.1, 0.15) is 17.2 Å². The number of nitro groups is 1. The van der Waals surface area contributed by atoms with E-state index in [4.69, 9.17) is 10.8 Å². The fourth-order valence-electron chi connectivity index (χ4n) is 1.35. The molecule has 0 aliphatic heterocycles. The van der Waals surface area contributed by atoms with Gasteiger partial charge >= 0.3 is 5.97 Å². The fourth-order valence-corrected chi connectivity index (χ4v) is 1.35. The minimum Gasteiger partial charge on any atom is -0.480 e. The Morgan fingerprint density at radius 1 is 1.53 bits per heavy atom. The number of aliphatic hydroxyl groups excluding tert-OH is 1. The van der Waals surface area contributed by atoms with Crippen LogP contribution in [0, 0.1) is 17.0 Å². The average Bonchev–Trinajstić information content (AvgIpc) is 2.27. The van der Waals surface area contributed by atoms with E-state index in [2.05, 4.69) is 0 Å². The summed E-state index contributed by atoms with van der Waals surface area (Å²) in [6, 6.07) is 2.46. The van der Waals surface area contributed by atoms with Gasteiger partial charge in [-0.3, -0.25) is 14.9 Å². The lowest BCUT2D eigenvalue weighted by atomic mass is 10.0. The van der Waals surface area contributed by atoms with Crippen LogP contribution in [0.2, 0.25) is 0 Å². The summed E-state index contributed by atoms with van der Waals surface area (Å²) in [6.07, 6.45) is -1.48. The second-order valence-corrected chi connectivity index (χ2v) is 3.61. The third-order valence-electron chi connectivity index (χ3n) is 2.40. The highest BCUT2D eigenvalue weighted by atomic mass is 16.6. The molecule has 0 aromatic heterocycles. The lowest BCUT2D eigenvalue weighted by molar-refractivity contribution is -0.385. The van der Waals surface area contributed by atoms with Gasteiger partial charge in [0.2, 0.25) is 0 Å². The van der Waals surface area contributed by atoms with E-state index in [-0.39, 0.29) is 11.3 Å². The van der Waals surface area contributed by atoms with Gasteiger partial charge in [-0.1, -0.05) is 12.1 Å². The predicted octanol–water partition coefficient (Wildman–Crippen LogP) is 0.349. The molecule has 0 aliphatic carbocycles. The van der Waals surface area contributed by atoms with Crippen molar-refractivity contribution in [2.24, 2.45) is 5.73 Å². The summed E-state index contributed by atoms with van der Waals surface area (Å²) >= 11 is 0. The average molecular weight is 240 g/mol. The zero-order valence-electron chi connectivity index (χ0n) is 9.03. The Balaban J connectivity index is 3.11. The molecule has 0 spiro atoms. The van der Waals surface area contributed by atoms with Crippen molar-refractivity contribution in [1.82, 2.24) is 0 Å². The Morgan fingerprint density at radius 2 is 2.12 bits per heavy atom. The number of aliphatic carboxylic acids is 1. The maximum Gasteiger partial charge on any atom is 0.323 e. The zero-order chi connectivity index (χ0) is 13.2. The standard InChI is InChI=1S/C10H12N2O5/c1-5-2-3-6(4-7(5)12(16)17)9(13)8(11)10(14)15/h2-4,8-9,13H,11H2,1H3,(H,14,15). The number of aryl methyl sites for hydroxylation is 1. The Hall–Kier alpha value is -1.99. The molecule has 0 bridgehead atoms. The molecule has 4 N–H and O–H groups in total. The maximum absolute atomic E-state index is 10.7. The summed E-state index contributed by atoms with van der Waals surface area (Å²) in [5.74, 6) is -1.37. The van der Waals surface area contributed by atoms with Gasteiger partial charge in [-0.05, 0) is 12.5 Å². The van der Waals surface area contributed by atoms with Gasteiger partial charge in [-0.25, -0.2) is 0 Å². The third kappa shape index (κ3) is 2.77. The number of carboxylic acid groups (broad SMARTS) is 1. The van der Waals surface area contributed by atoms with E-state index in [9.17, 15) is 20.0 Å². The molecule has 17 heavy (non-hydrogen) atoms. The highest BCUT2D eigenvalue weighted by Gasteiger charge is 2.25. The van der Waals surface area contributed by atoms with Gasteiger partial charge in [0.25, 0.3) is 5.69 Å². The summed E-state index contributed by atoms with van der Waals surface area (Å²) in [6.45, 7) is 1.55. The number of nitro benzene ring substituents is 1. The molecule has 2 unspecified atom stereocenters. The van der Waals surface area contributed by atoms with Gasteiger partial charge in [0.1, 0.15) is 12.1 Å². The molecule has 7 nitrogen and oxygen atoms in total. The van der Waals surface area contributed by atoms with Crippen LogP contribution in [0.5, 0.6) is 0 Å². The van der Waals surface area contributed by atoms with Crippen LogP contribution in [-0.2, 0) is 4.79 Å². The number of nitrogens with zero attached hydrogens (tertiary/aromatic N) is 1. The molecule has 0 amide bonds. The van der Waals surface area contributed by atoms with Gasteiger partial charge in [0, 0.05) is 11.6 Å². The van der Waals surface area contributed by atoms with E-state index < -0.39 is 23.0 Å². The summed E-state index contributed by atoms with van der Waals surface area (Å²) in [5.41, 5.74) is 5.59. The molecular weight excluding hydrogens is 228 g/mol. The number of rotatable bonds is 4. The van der Waals surface area contributed by atoms with E-state index in [1.165, 1.54) is 12.1 Å². The van der Waals surface area contributed by atoms with Crippen LogP contribution in [-0.4, -0.2) is 27.1 Å². The van der Waals surface area contributed by atoms with Gasteiger partial charge in [0.15, 0.2) is 0 Å². The first-order chi connectivity index (χ1) is 7.84. The summed E-state index contributed by atoms with van der Waals surface area (Å²) in [5, 5.41) is 28.9. The van der Waals surface area contributed by atoms with Crippen molar-refractivity contribution < 1.29 is 19.9 Å². The lowest BCUT2D eigenvalue weighted by Crippen LogP contribution is -2.36. The molecule has 0 heterocycles. The minimum absolute atomic E-state index is 0.109. The maximum atomic E-state index is 10.7. The van der Waals surface area contributed by atoms with Crippen molar-refractivity contribution in [2.75, 3.05) is 0 Å². The van der Waals surface area contributed by atoms with Crippen molar-refractivity contribution in [3.05, 3.63) is 39.4 Å². The number of hydrogen-bond donors (Lipinski definition) is 3. The lowest BCUT2D eigenvalue weighted by Gasteiger charge is -2.15. The van der Waals surface area contributed by atoms with Crippen molar-refractivity contribution in [1.29, 1.82) is 0 Å². The number of benzene rings is 1. The van der Waals surface area contributed by atoms with Gasteiger partial charge < -0.3 is 15.9 Å². The molecule has 1 aromatic carbocycles. The quantitative estimate of drug-likeness (QED) is 0.514. The number of nitrogens with two attached hydrogens (primary N) is 1. The van der Waals surface area contributed by atoms with Crippen LogP contribution in [0.3, 0.4) is 0 Å². The Kier molecular flexibility index (Phi) is 3.77. The SMILES string of the molecule is Cc1ccc(C(O)C(N)C(=O)O)cc1[N+](=O)[O-]. The summed E-state index contributed by atoms with van der Waals surface area (Å²) < 4.78 is 0. The van der Waals surface area contributed by atoms with Crippen LogP contribution in [0.4, 0.5) is 5.69 Å². The Morgan fingerprint density at radius 3 is 2.59 bits per heavy atom. The zero-order valence-corrected chi connectivity index (χ0v) is 9.03. The molecular formula is C10H12N2O5. The number of carbonyl (C=O) groups is 1. The molecule has 1 rings (SSSR count). The second kappa shape index (κ2) is 4.89. The van der Waals surface area contributed by atoms with E-state index >= 15 is 0 Å². The van der Waals surface area contributed by atoms with Gasteiger partial charge in [0.05, 0.1) is 4.92 Å². The van der Waals surface area contributed by atoms with Crippen molar-refractivity contribution >= 4 is 11.7 Å². The van der Waals surface area contributed by atoms with Crippen molar-refractivity contribution in [3.8, 4) is 0 Å². The van der Waals surface area contributed by atoms with E-state index in [0.29, 0.717) is 5.56 Å². The van der Waals surface area contributed by atoms with Crippen molar-refractivity contribution in [2.45, 2.75) is 19.1 Å². The molecule has 0 radical (unpaired) electrons. The molecule has 0 saturated carbocycles. The van der Waals surface area contributed by atoms with Crippen molar-refractivity contribution in [3.63, 3.8) is 0 Å². The van der Waals surface area contributed by atoms with Gasteiger partial charge in [-0.15, -0.1) is 0 Å². The molecule has 92 valence electrons. The fraction of sp³-hybridized carbons (Fsp3) is 0.300. The van der Waals surface area contributed by atoms with E-state index in [1.54, 1.807) is 6.92 Å². The minimum atomic E-state index is -1.52. The molecule has 0 fully saturated rings. The van der Waals surface area contributed by atoms with Crippen LogP contribution in [0.25, 0.3) is 0 Å². The molecule has 2 atom stereocenters. The predicted molar refractivity (Wildman–Crippen MR) is 58.4 cm³/mol. The van der Waals surface area contributed by atoms with Crippen LogP contribution >= 0.6 is 0 Å². The second-order valence-electron chi connectivity index (χ2n) is 3.61. The van der Waals surface area contributed by atoms with Crippen LogP contribution in [0.15, 0.2) is 18.2 Å². The first-order valence-corrected chi connectivity index (χ1v) is 4.76.